The van der Waals surface area contributed by atoms with Crippen LogP contribution in [0.2, 0.25) is 0 Å². The van der Waals surface area contributed by atoms with Gasteiger partial charge in [0.15, 0.2) is 0 Å². The molecular formula is C15H18N2O. The molecule has 1 heterocycles. The lowest BCUT2D eigenvalue weighted by Crippen LogP contribution is -2.33. The molecule has 1 unspecified atom stereocenters. The highest BCUT2D eigenvalue weighted by molar-refractivity contribution is 5.35. The van der Waals surface area contributed by atoms with E-state index in [1.807, 2.05) is 48.0 Å². The summed E-state index contributed by atoms with van der Waals surface area (Å²) >= 11 is 0. The zero-order valence-electron chi connectivity index (χ0n) is 10.8. The maximum Gasteiger partial charge on any atom is 0.109 e. The molecule has 0 radical (unpaired) electrons. The van der Waals surface area contributed by atoms with Gasteiger partial charge in [-0.25, -0.2) is 4.68 Å². The summed E-state index contributed by atoms with van der Waals surface area (Å²) < 4.78 is 1.84. The molecule has 1 aliphatic rings. The van der Waals surface area contributed by atoms with Crippen LogP contribution in [0, 0.1) is 5.41 Å². The Morgan fingerprint density at radius 1 is 1.22 bits per heavy atom. The van der Waals surface area contributed by atoms with Gasteiger partial charge in [-0.1, -0.05) is 25.1 Å². The number of nitrogens with zero attached hydrogens (tertiary/aromatic N) is 2. The van der Waals surface area contributed by atoms with E-state index < -0.39 is 5.60 Å². The highest BCUT2D eigenvalue weighted by Gasteiger charge is 2.54. The van der Waals surface area contributed by atoms with Crippen molar-refractivity contribution in [3.8, 4) is 5.69 Å². The lowest BCUT2D eigenvalue weighted by atomic mass is 9.84. The van der Waals surface area contributed by atoms with Crippen molar-refractivity contribution < 1.29 is 5.11 Å². The second-order valence-corrected chi connectivity index (χ2v) is 5.60. The number of aliphatic hydroxyl groups is 1. The van der Waals surface area contributed by atoms with Crippen LogP contribution in [0.5, 0.6) is 0 Å². The molecule has 1 atom stereocenters. The molecule has 94 valence electrons. The van der Waals surface area contributed by atoms with E-state index >= 15 is 0 Å². The third kappa shape index (κ3) is 1.58. The molecule has 1 fully saturated rings. The standard InChI is InChI=1S/C15H18N2O/c1-14(9-10-14)15(2,18)13-8-11-16-17(13)12-6-4-3-5-7-12/h3-8,11,18H,9-10H2,1-2H3. The smallest absolute Gasteiger partial charge is 0.109 e. The van der Waals surface area contributed by atoms with Crippen molar-refractivity contribution in [1.82, 2.24) is 9.78 Å². The van der Waals surface area contributed by atoms with Crippen molar-refractivity contribution in [1.29, 1.82) is 0 Å². The van der Waals surface area contributed by atoms with Crippen molar-refractivity contribution in [2.45, 2.75) is 32.3 Å². The van der Waals surface area contributed by atoms with Crippen LogP contribution in [0.3, 0.4) is 0 Å². The first-order valence-electron chi connectivity index (χ1n) is 6.37. The molecule has 3 heteroatoms. The van der Waals surface area contributed by atoms with Gasteiger partial charge in [-0.2, -0.15) is 5.10 Å². The Bertz CT molecular complexity index is 553. The monoisotopic (exact) mass is 242 g/mol. The topological polar surface area (TPSA) is 38.1 Å². The van der Waals surface area contributed by atoms with Crippen molar-refractivity contribution in [3.63, 3.8) is 0 Å². The van der Waals surface area contributed by atoms with Crippen LogP contribution in [0.15, 0.2) is 42.6 Å². The predicted octanol–water partition coefficient (Wildman–Crippen LogP) is 2.88. The Morgan fingerprint density at radius 2 is 1.89 bits per heavy atom. The lowest BCUT2D eigenvalue weighted by molar-refractivity contribution is -0.0187. The van der Waals surface area contributed by atoms with Gasteiger partial charge in [0, 0.05) is 11.6 Å². The van der Waals surface area contributed by atoms with Gasteiger partial charge in [0.2, 0.25) is 0 Å². The average Bonchev–Trinajstić information content (AvgIpc) is 2.96. The molecule has 0 bridgehead atoms. The van der Waals surface area contributed by atoms with Crippen LogP contribution in [0.1, 0.15) is 32.4 Å². The quantitative estimate of drug-likeness (QED) is 0.898. The first-order chi connectivity index (χ1) is 8.55. The predicted molar refractivity (Wildman–Crippen MR) is 70.5 cm³/mol. The SMILES string of the molecule is CC1(C(C)(O)c2ccnn2-c2ccccc2)CC1. The maximum atomic E-state index is 10.9. The van der Waals surface area contributed by atoms with Crippen molar-refractivity contribution in [2.24, 2.45) is 5.41 Å². The Morgan fingerprint density at radius 3 is 2.50 bits per heavy atom. The third-order valence-electron chi connectivity index (χ3n) is 4.32. The van der Waals surface area contributed by atoms with Gasteiger partial charge in [0.1, 0.15) is 5.60 Å². The molecule has 0 spiro atoms. The van der Waals surface area contributed by atoms with Gasteiger partial charge < -0.3 is 5.11 Å². The Kier molecular flexibility index (Phi) is 2.35. The van der Waals surface area contributed by atoms with E-state index in [1.54, 1.807) is 6.20 Å². The molecule has 3 nitrogen and oxygen atoms in total. The van der Waals surface area contributed by atoms with Crippen LogP contribution in [0.25, 0.3) is 5.69 Å². The first kappa shape index (κ1) is 11.5. The fourth-order valence-electron chi connectivity index (χ4n) is 2.43. The molecule has 0 saturated heterocycles. The van der Waals surface area contributed by atoms with Crippen molar-refractivity contribution in [3.05, 3.63) is 48.3 Å². The van der Waals surface area contributed by atoms with E-state index in [0.29, 0.717) is 0 Å². The van der Waals surface area contributed by atoms with Crippen molar-refractivity contribution in [2.75, 3.05) is 0 Å². The minimum atomic E-state index is -0.834. The van der Waals surface area contributed by atoms with Crippen LogP contribution in [-0.2, 0) is 5.60 Å². The fraction of sp³-hybridized carbons (Fsp3) is 0.400. The summed E-state index contributed by atoms with van der Waals surface area (Å²) in [6, 6.07) is 11.9. The van der Waals surface area contributed by atoms with Crippen LogP contribution in [-0.4, -0.2) is 14.9 Å². The summed E-state index contributed by atoms with van der Waals surface area (Å²) in [5, 5.41) is 15.2. The zero-order valence-corrected chi connectivity index (χ0v) is 10.8. The molecule has 1 aromatic carbocycles. The second kappa shape index (κ2) is 3.69. The Balaban J connectivity index is 2.08. The van der Waals surface area contributed by atoms with E-state index in [2.05, 4.69) is 12.0 Å². The summed E-state index contributed by atoms with van der Waals surface area (Å²) in [4.78, 5) is 0. The lowest BCUT2D eigenvalue weighted by Gasteiger charge is -2.31. The van der Waals surface area contributed by atoms with Gasteiger partial charge in [-0.15, -0.1) is 0 Å². The highest BCUT2D eigenvalue weighted by atomic mass is 16.3. The van der Waals surface area contributed by atoms with Gasteiger partial charge in [0.05, 0.1) is 11.4 Å². The fourth-order valence-corrected chi connectivity index (χ4v) is 2.43. The molecule has 0 amide bonds. The normalized spacial score (nSPS) is 20.4. The largest absolute Gasteiger partial charge is 0.383 e. The molecule has 18 heavy (non-hydrogen) atoms. The summed E-state index contributed by atoms with van der Waals surface area (Å²) in [6.07, 6.45) is 3.89. The van der Waals surface area contributed by atoms with Crippen LogP contribution in [0.4, 0.5) is 0 Å². The Hall–Kier alpha value is -1.61. The maximum absolute atomic E-state index is 10.9. The van der Waals surface area contributed by atoms with E-state index in [-0.39, 0.29) is 5.41 Å². The molecule has 1 aromatic heterocycles. The summed E-state index contributed by atoms with van der Waals surface area (Å²) in [5.41, 5.74) is 1.01. The van der Waals surface area contributed by atoms with E-state index in [4.69, 9.17) is 0 Å². The number of aromatic nitrogens is 2. The number of hydrogen-bond acceptors (Lipinski definition) is 2. The molecule has 1 aliphatic carbocycles. The van der Waals surface area contributed by atoms with Gasteiger partial charge in [-0.3, -0.25) is 0 Å². The van der Waals surface area contributed by atoms with Crippen molar-refractivity contribution >= 4 is 0 Å². The minimum Gasteiger partial charge on any atom is -0.383 e. The van der Waals surface area contributed by atoms with E-state index in [1.165, 1.54) is 0 Å². The molecule has 3 rings (SSSR count). The average molecular weight is 242 g/mol. The van der Waals surface area contributed by atoms with Gasteiger partial charge in [0.25, 0.3) is 0 Å². The van der Waals surface area contributed by atoms with Crippen LogP contribution >= 0.6 is 0 Å². The van der Waals surface area contributed by atoms with Gasteiger partial charge >= 0.3 is 0 Å². The zero-order chi connectivity index (χ0) is 12.8. The van der Waals surface area contributed by atoms with Crippen LogP contribution < -0.4 is 0 Å². The minimum absolute atomic E-state index is 0.0143. The summed E-state index contributed by atoms with van der Waals surface area (Å²) in [7, 11) is 0. The molecule has 2 aromatic rings. The van der Waals surface area contributed by atoms with Gasteiger partial charge in [-0.05, 0) is 38.0 Å². The summed E-state index contributed by atoms with van der Waals surface area (Å²) in [6.45, 7) is 4.03. The molecular weight excluding hydrogens is 224 g/mol. The summed E-state index contributed by atoms with van der Waals surface area (Å²) in [5.74, 6) is 0. The molecule has 1 saturated carbocycles. The number of para-hydroxylation sites is 1. The molecule has 0 aliphatic heterocycles. The Labute approximate surface area is 107 Å². The second-order valence-electron chi connectivity index (χ2n) is 5.60. The molecule has 1 N–H and O–H groups in total. The first-order valence-corrected chi connectivity index (χ1v) is 6.37. The number of hydrogen-bond donors (Lipinski definition) is 1. The highest BCUT2D eigenvalue weighted by Crippen LogP contribution is 2.57. The van der Waals surface area contributed by atoms with E-state index in [0.717, 1.165) is 24.2 Å². The number of benzene rings is 1. The van der Waals surface area contributed by atoms with E-state index in [9.17, 15) is 5.11 Å². The third-order valence-corrected chi connectivity index (χ3v) is 4.32. The number of rotatable bonds is 3.